The van der Waals surface area contributed by atoms with Crippen LogP contribution in [0.2, 0.25) is 0 Å². The molecule has 1 amide bonds. The molecule has 0 radical (unpaired) electrons. The molecule has 120 valence electrons. The fourth-order valence-electron chi connectivity index (χ4n) is 2.33. The van der Waals surface area contributed by atoms with Crippen LogP contribution in [0.5, 0.6) is 0 Å². The van der Waals surface area contributed by atoms with E-state index in [0.29, 0.717) is 5.76 Å². The summed E-state index contributed by atoms with van der Waals surface area (Å²) >= 11 is 0. The minimum absolute atomic E-state index is 0.150. The molecule has 0 aliphatic rings. The fourth-order valence-corrected chi connectivity index (χ4v) is 2.33. The Labute approximate surface area is 136 Å². The highest BCUT2D eigenvalue weighted by molar-refractivity contribution is 6.00. The Morgan fingerprint density at radius 3 is 2.83 bits per heavy atom. The van der Waals surface area contributed by atoms with Crippen LogP contribution in [-0.2, 0) is 0 Å². The summed E-state index contributed by atoms with van der Waals surface area (Å²) in [5, 5.41) is 15.6. The van der Waals surface area contributed by atoms with Gasteiger partial charge in [-0.25, -0.2) is 5.43 Å². The zero-order valence-corrected chi connectivity index (χ0v) is 12.7. The van der Waals surface area contributed by atoms with E-state index in [1.54, 1.807) is 0 Å². The van der Waals surface area contributed by atoms with Crippen molar-refractivity contribution in [1.82, 2.24) is 5.43 Å². The van der Waals surface area contributed by atoms with Crippen molar-refractivity contribution in [3.63, 3.8) is 0 Å². The molecular formula is C17H13N3O4. The molecule has 0 atom stereocenters. The van der Waals surface area contributed by atoms with Gasteiger partial charge >= 0.3 is 0 Å². The van der Waals surface area contributed by atoms with Crippen molar-refractivity contribution in [2.24, 2.45) is 5.10 Å². The van der Waals surface area contributed by atoms with Crippen LogP contribution >= 0.6 is 0 Å². The molecule has 0 aliphatic carbocycles. The van der Waals surface area contributed by atoms with Crippen molar-refractivity contribution in [2.75, 3.05) is 0 Å². The number of nitrogens with zero attached hydrogens (tertiary/aromatic N) is 2. The van der Waals surface area contributed by atoms with Crippen LogP contribution in [0.4, 0.5) is 5.69 Å². The van der Waals surface area contributed by atoms with Crippen molar-refractivity contribution in [3.8, 4) is 0 Å². The van der Waals surface area contributed by atoms with Crippen LogP contribution in [0.15, 0.2) is 58.0 Å². The minimum atomic E-state index is -0.555. The van der Waals surface area contributed by atoms with Crippen LogP contribution in [0.25, 0.3) is 11.0 Å². The first-order valence-corrected chi connectivity index (χ1v) is 7.12. The number of nitro benzene ring substituents is 1. The highest BCUT2D eigenvalue weighted by Crippen LogP contribution is 2.23. The Kier molecular flexibility index (Phi) is 4.07. The van der Waals surface area contributed by atoms with Gasteiger partial charge in [-0.05, 0) is 19.1 Å². The van der Waals surface area contributed by atoms with E-state index in [1.165, 1.54) is 30.5 Å². The maximum atomic E-state index is 12.0. The number of para-hydroxylation sites is 1. The summed E-state index contributed by atoms with van der Waals surface area (Å²) < 4.78 is 5.60. The van der Waals surface area contributed by atoms with Gasteiger partial charge in [0.05, 0.1) is 11.1 Å². The Morgan fingerprint density at radius 1 is 1.25 bits per heavy atom. The molecular weight excluding hydrogens is 310 g/mol. The molecule has 1 N–H and O–H groups in total. The van der Waals surface area contributed by atoms with Gasteiger partial charge in [0.15, 0.2) is 0 Å². The predicted octanol–water partition coefficient (Wildman–Crippen LogP) is 3.41. The lowest BCUT2D eigenvalue weighted by Crippen LogP contribution is -2.17. The molecule has 0 saturated carbocycles. The molecule has 2 aromatic carbocycles. The van der Waals surface area contributed by atoms with Gasteiger partial charge in [0.2, 0.25) is 0 Å². The number of hydrogen-bond donors (Lipinski definition) is 1. The van der Waals surface area contributed by atoms with Gasteiger partial charge in [0, 0.05) is 28.6 Å². The molecule has 0 bridgehead atoms. The maximum absolute atomic E-state index is 12.0. The van der Waals surface area contributed by atoms with Crippen molar-refractivity contribution in [3.05, 3.63) is 75.5 Å². The van der Waals surface area contributed by atoms with E-state index in [0.717, 1.165) is 16.5 Å². The molecule has 0 saturated heterocycles. The summed E-state index contributed by atoms with van der Waals surface area (Å²) in [5.41, 5.74) is 3.88. The number of benzene rings is 2. The van der Waals surface area contributed by atoms with E-state index in [4.69, 9.17) is 4.42 Å². The highest BCUT2D eigenvalue weighted by Gasteiger charge is 2.11. The second-order valence-electron chi connectivity index (χ2n) is 5.07. The van der Waals surface area contributed by atoms with Crippen molar-refractivity contribution < 1.29 is 14.1 Å². The predicted molar refractivity (Wildman–Crippen MR) is 89.1 cm³/mol. The number of hydrazone groups is 1. The zero-order valence-electron chi connectivity index (χ0n) is 12.7. The van der Waals surface area contributed by atoms with Crippen LogP contribution in [-0.4, -0.2) is 17.0 Å². The molecule has 1 heterocycles. The molecule has 3 aromatic rings. The largest absolute Gasteiger partial charge is 0.461 e. The van der Waals surface area contributed by atoms with E-state index < -0.39 is 10.8 Å². The molecule has 24 heavy (non-hydrogen) atoms. The molecule has 0 aliphatic heterocycles. The summed E-state index contributed by atoms with van der Waals surface area (Å²) in [7, 11) is 0. The summed E-state index contributed by atoms with van der Waals surface area (Å²) in [6.07, 6.45) is 1.50. The molecule has 0 fully saturated rings. The number of rotatable bonds is 4. The van der Waals surface area contributed by atoms with Gasteiger partial charge in [-0.15, -0.1) is 0 Å². The van der Waals surface area contributed by atoms with E-state index >= 15 is 0 Å². The van der Waals surface area contributed by atoms with Crippen LogP contribution in [0, 0.1) is 17.0 Å². The Bertz CT molecular complexity index is 959. The number of carbonyl (C=O) groups excluding carboxylic acids is 1. The molecule has 7 nitrogen and oxygen atoms in total. The first-order chi connectivity index (χ1) is 11.6. The molecule has 0 unspecified atom stereocenters. The number of carbonyl (C=O) groups is 1. The number of non-ortho nitro benzene ring substituents is 1. The topological polar surface area (TPSA) is 97.7 Å². The van der Waals surface area contributed by atoms with Crippen LogP contribution < -0.4 is 5.43 Å². The quantitative estimate of drug-likeness (QED) is 0.452. The monoisotopic (exact) mass is 323 g/mol. The van der Waals surface area contributed by atoms with Crippen molar-refractivity contribution >= 4 is 28.8 Å². The highest BCUT2D eigenvalue weighted by atomic mass is 16.6. The van der Waals surface area contributed by atoms with E-state index in [1.807, 2.05) is 31.2 Å². The number of amides is 1. The number of nitro groups is 1. The van der Waals surface area contributed by atoms with Crippen molar-refractivity contribution in [1.29, 1.82) is 0 Å². The zero-order chi connectivity index (χ0) is 17.1. The smallest absolute Gasteiger partial charge is 0.271 e. The standard InChI is InChI=1S/C17H13N3O4/c1-11-15(14-7-2-3-8-16(14)24-11)10-18-19-17(21)12-5-4-6-13(9-12)20(22)23/h2-10H,1H3,(H,19,21)/b18-10-. The lowest BCUT2D eigenvalue weighted by molar-refractivity contribution is -0.384. The summed E-state index contributed by atoms with van der Waals surface area (Å²) in [6.45, 7) is 1.81. The molecule has 3 rings (SSSR count). The van der Waals surface area contributed by atoms with Gasteiger partial charge in [0.25, 0.3) is 11.6 Å². The number of nitrogens with one attached hydrogen (secondary N) is 1. The second-order valence-corrected chi connectivity index (χ2v) is 5.07. The minimum Gasteiger partial charge on any atom is -0.461 e. The summed E-state index contributed by atoms with van der Waals surface area (Å²) in [5.74, 6) is 0.157. The Balaban J connectivity index is 1.78. The lowest BCUT2D eigenvalue weighted by Gasteiger charge is -1.99. The van der Waals surface area contributed by atoms with E-state index in [-0.39, 0.29) is 11.3 Å². The fraction of sp³-hybridized carbons (Fsp3) is 0.0588. The van der Waals surface area contributed by atoms with Crippen LogP contribution in [0.1, 0.15) is 21.7 Å². The average Bonchev–Trinajstić information content (AvgIpc) is 2.90. The summed E-state index contributed by atoms with van der Waals surface area (Å²) in [6, 6.07) is 13.0. The normalized spacial score (nSPS) is 11.0. The molecule has 1 aromatic heterocycles. The van der Waals surface area contributed by atoms with Gasteiger partial charge in [0.1, 0.15) is 11.3 Å². The summed E-state index contributed by atoms with van der Waals surface area (Å²) in [4.78, 5) is 22.2. The number of fused-ring (bicyclic) bond motifs is 1. The van der Waals surface area contributed by atoms with Gasteiger partial charge in [-0.3, -0.25) is 14.9 Å². The van der Waals surface area contributed by atoms with Gasteiger partial charge in [-0.2, -0.15) is 5.10 Å². The third kappa shape index (κ3) is 3.00. The van der Waals surface area contributed by atoms with E-state index in [9.17, 15) is 14.9 Å². The SMILES string of the molecule is Cc1oc2ccccc2c1/C=N\NC(=O)c1cccc([N+](=O)[O-])c1. The third-order valence-electron chi connectivity index (χ3n) is 3.50. The second kappa shape index (κ2) is 6.33. The van der Waals surface area contributed by atoms with Crippen molar-refractivity contribution in [2.45, 2.75) is 6.92 Å². The third-order valence-corrected chi connectivity index (χ3v) is 3.50. The number of hydrogen-bond acceptors (Lipinski definition) is 5. The maximum Gasteiger partial charge on any atom is 0.271 e. The Hall–Kier alpha value is -3.48. The average molecular weight is 323 g/mol. The van der Waals surface area contributed by atoms with E-state index in [2.05, 4.69) is 10.5 Å². The van der Waals surface area contributed by atoms with Crippen LogP contribution in [0.3, 0.4) is 0 Å². The van der Waals surface area contributed by atoms with Gasteiger partial charge in [-0.1, -0.05) is 24.3 Å². The first-order valence-electron chi connectivity index (χ1n) is 7.12. The number of aryl methyl sites for hydroxylation is 1. The lowest BCUT2D eigenvalue weighted by atomic mass is 10.1. The Morgan fingerprint density at radius 2 is 2.04 bits per heavy atom. The van der Waals surface area contributed by atoms with Gasteiger partial charge < -0.3 is 4.42 Å². The first kappa shape index (κ1) is 15.4. The molecule has 0 spiro atoms. The number of furan rings is 1. The molecule has 7 heteroatoms.